The van der Waals surface area contributed by atoms with Gasteiger partial charge in [0.05, 0.1) is 13.2 Å². The van der Waals surface area contributed by atoms with Gasteiger partial charge in [-0.1, -0.05) is 23.7 Å². The second-order valence-electron chi connectivity index (χ2n) is 6.52. The summed E-state index contributed by atoms with van der Waals surface area (Å²) in [6.07, 6.45) is 5.77. The highest BCUT2D eigenvalue weighted by Crippen LogP contribution is 2.44. The highest BCUT2D eigenvalue weighted by molar-refractivity contribution is 6.30. The van der Waals surface area contributed by atoms with Crippen LogP contribution in [0.25, 0.3) is 0 Å². The monoisotopic (exact) mass is 307 g/mol. The van der Waals surface area contributed by atoms with E-state index >= 15 is 0 Å². The summed E-state index contributed by atoms with van der Waals surface area (Å²) in [5.41, 5.74) is 1.37. The molecule has 3 aliphatic heterocycles. The van der Waals surface area contributed by atoms with Gasteiger partial charge in [-0.2, -0.15) is 0 Å². The van der Waals surface area contributed by atoms with E-state index in [-0.39, 0.29) is 5.79 Å². The lowest BCUT2D eigenvalue weighted by Gasteiger charge is -2.43. The fraction of sp³-hybridized carbons (Fsp3) is 0.647. The van der Waals surface area contributed by atoms with Crippen molar-refractivity contribution in [2.24, 2.45) is 0 Å². The second kappa shape index (κ2) is 5.54. The van der Waals surface area contributed by atoms with Gasteiger partial charge in [0.25, 0.3) is 0 Å². The van der Waals surface area contributed by atoms with Crippen LogP contribution in [0.5, 0.6) is 0 Å². The first kappa shape index (κ1) is 14.0. The van der Waals surface area contributed by atoms with Crippen LogP contribution >= 0.6 is 11.6 Å². The van der Waals surface area contributed by atoms with E-state index in [2.05, 4.69) is 17.0 Å². The topological polar surface area (TPSA) is 21.7 Å². The maximum absolute atomic E-state index is 5.95. The van der Waals surface area contributed by atoms with Crippen molar-refractivity contribution in [3.8, 4) is 0 Å². The van der Waals surface area contributed by atoms with Gasteiger partial charge in [-0.3, -0.25) is 4.90 Å². The molecule has 4 heteroatoms. The highest BCUT2D eigenvalue weighted by Gasteiger charge is 2.51. The normalized spacial score (nSPS) is 31.1. The van der Waals surface area contributed by atoms with Crippen molar-refractivity contribution in [2.45, 2.75) is 50.0 Å². The van der Waals surface area contributed by atoms with E-state index in [1.807, 2.05) is 12.1 Å². The minimum absolute atomic E-state index is 0.247. The van der Waals surface area contributed by atoms with E-state index in [0.717, 1.165) is 44.0 Å². The highest BCUT2D eigenvalue weighted by atomic mass is 35.5. The zero-order valence-corrected chi connectivity index (χ0v) is 13.0. The molecule has 0 amide bonds. The van der Waals surface area contributed by atoms with Gasteiger partial charge in [0.2, 0.25) is 0 Å². The van der Waals surface area contributed by atoms with E-state index in [0.29, 0.717) is 12.1 Å². The fourth-order valence-electron chi connectivity index (χ4n) is 4.26. The van der Waals surface area contributed by atoms with Gasteiger partial charge >= 0.3 is 0 Å². The van der Waals surface area contributed by atoms with Crippen LogP contribution in [0.4, 0.5) is 0 Å². The van der Waals surface area contributed by atoms with Crippen LogP contribution in [0.3, 0.4) is 0 Å². The van der Waals surface area contributed by atoms with E-state index in [9.17, 15) is 0 Å². The van der Waals surface area contributed by atoms with Crippen molar-refractivity contribution in [3.05, 3.63) is 34.9 Å². The molecule has 21 heavy (non-hydrogen) atoms. The molecule has 1 aromatic carbocycles. The van der Waals surface area contributed by atoms with Gasteiger partial charge < -0.3 is 9.47 Å². The lowest BCUT2D eigenvalue weighted by Crippen LogP contribution is -2.52. The first-order valence-electron chi connectivity index (χ1n) is 8.02. The number of halogens is 1. The summed E-state index contributed by atoms with van der Waals surface area (Å²) < 4.78 is 11.8. The minimum atomic E-state index is -0.247. The molecule has 0 radical (unpaired) electrons. The van der Waals surface area contributed by atoms with Gasteiger partial charge in [-0.05, 0) is 37.0 Å². The SMILES string of the molecule is Clc1ccc(CCN2C3CCC2CC2(C3)OCCO2)cc1. The molecule has 1 spiro atoms. The third-order valence-electron chi connectivity index (χ3n) is 5.25. The third kappa shape index (κ3) is 2.72. The zero-order valence-electron chi connectivity index (χ0n) is 12.3. The average Bonchev–Trinajstić information content (AvgIpc) is 3.02. The first-order valence-corrected chi connectivity index (χ1v) is 8.40. The maximum Gasteiger partial charge on any atom is 0.171 e. The van der Waals surface area contributed by atoms with Crippen molar-refractivity contribution in [2.75, 3.05) is 19.8 Å². The second-order valence-corrected chi connectivity index (χ2v) is 6.95. The molecule has 3 fully saturated rings. The number of nitrogens with zero attached hydrogens (tertiary/aromatic N) is 1. The van der Waals surface area contributed by atoms with Crippen LogP contribution in [-0.4, -0.2) is 42.5 Å². The molecule has 3 heterocycles. The van der Waals surface area contributed by atoms with Crippen LogP contribution in [0.1, 0.15) is 31.2 Å². The van der Waals surface area contributed by atoms with Gasteiger partial charge in [-0.15, -0.1) is 0 Å². The average molecular weight is 308 g/mol. The Kier molecular flexibility index (Phi) is 3.70. The molecular formula is C17H22ClNO2. The molecule has 0 aliphatic carbocycles. The molecular weight excluding hydrogens is 286 g/mol. The lowest BCUT2D eigenvalue weighted by molar-refractivity contribution is -0.199. The molecule has 3 nitrogen and oxygen atoms in total. The van der Waals surface area contributed by atoms with Crippen molar-refractivity contribution in [1.29, 1.82) is 0 Å². The first-order chi connectivity index (χ1) is 10.2. The standard InChI is InChI=1S/C17H22ClNO2/c18-14-3-1-13(2-4-14)7-8-19-15-5-6-16(19)12-17(11-15)20-9-10-21-17/h1-4,15-16H,5-12H2. The van der Waals surface area contributed by atoms with Crippen molar-refractivity contribution >= 4 is 11.6 Å². The summed E-state index contributed by atoms with van der Waals surface area (Å²) in [4.78, 5) is 2.69. The van der Waals surface area contributed by atoms with Gasteiger partial charge in [0.1, 0.15) is 0 Å². The quantitative estimate of drug-likeness (QED) is 0.855. The Morgan fingerprint density at radius 3 is 2.29 bits per heavy atom. The summed E-state index contributed by atoms with van der Waals surface area (Å²) in [6.45, 7) is 2.67. The van der Waals surface area contributed by atoms with Crippen LogP contribution in [0.2, 0.25) is 5.02 Å². The predicted octanol–water partition coefficient (Wildman–Crippen LogP) is 3.25. The number of fused-ring (bicyclic) bond motifs is 2. The number of rotatable bonds is 3. The van der Waals surface area contributed by atoms with Crippen LogP contribution in [0.15, 0.2) is 24.3 Å². The molecule has 2 bridgehead atoms. The Labute approximate surface area is 131 Å². The molecule has 0 N–H and O–H groups in total. The molecule has 0 aromatic heterocycles. The Bertz CT molecular complexity index is 482. The van der Waals surface area contributed by atoms with Crippen LogP contribution < -0.4 is 0 Å². The lowest BCUT2D eigenvalue weighted by atomic mass is 9.95. The van der Waals surface area contributed by atoms with E-state index < -0.39 is 0 Å². The molecule has 114 valence electrons. The largest absolute Gasteiger partial charge is 0.347 e. The molecule has 3 saturated heterocycles. The predicted molar refractivity (Wildman–Crippen MR) is 82.5 cm³/mol. The summed E-state index contributed by atoms with van der Waals surface area (Å²) in [6, 6.07) is 9.51. The third-order valence-corrected chi connectivity index (χ3v) is 5.50. The fourth-order valence-corrected chi connectivity index (χ4v) is 4.39. The number of piperidine rings is 1. The number of ether oxygens (including phenoxy) is 2. The summed E-state index contributed by atoms with van der Waals surface area (Å²) >= 11 is 5.95. The number of benzene rings is 1. The summed E-state index contributed by atoms with van der Waals surface area (Å²) in [7, 11) is 0. The van der Waals surface area contributed by atoms with Gasteiger partial charge in [0.15, 0.2) is 5.79 Å². The van der Waals surface area contributed by atoms with Crippen LogP contribution in [-0.2, 0) is 15.9 Å². The van der Waals surface area contributed by atoms with Gasteiger partial charge in [0, 0.05) is 36.5 Å². The maximum atomic E-state index is 5.95. The number of hydrogen-bond donors (Lipinski definition) is 0. The summed E-state index contributed by atoms with van der Waals surface area (Å²) in [5.74, 6) is -0.247. The molecule has 3 aliphatic rings. The minimum Gasteiger partial charge on any atom is -0.347 e. The van der Waals surface area contributed by atoms with E-state index in [1.165, 1.54) is 18.4 Å². The zero-order chi connectivity index (χ0) is 14.3. The van der Waals surface area contributed by atoms with E-state index in [4.69, 9.17) is 21.1 Å². The van der Waals surface area contributed by atoms with Crippen LogP contribution in [0, 0.1) is 0 Å². The van der Waals surface area contributed by atoms with Crippen molar-refractivity contribution in [3.63, 3.8) is 0 Å². The Morgan fingerprint density at radius 2 is 1.67 bits per heavy atom. The molecule has 2 unspecified atom stereocenters. The Balaban J connectivity index is 1.39. The molecule has 4 rings (SSSR count). The Hall–Kier alpha value is -0.610. The van der Waals surface area contributed by atoms with Gasteiger partial charge in [-0.25, -0.2) is 0 Å². The smallest absolute Gasteiger partial charge is 0.171 e. The number of hydrogen-bond acceptors (Lipinski definition) is 3. The van der Waals surface area contributed by atoms with E-state index in [1.54, 1.807) is 0 Å². The van der Waals surface area contributed by atoms with Crippen molar-refractivity contribution < 1.29 is 9.47 Å². The Morgan fingerprint density at radius 1 is 1.05 bits per heavy atom. The molecule has 1 aromatic rings. The molecule has 0 saturated carbocycles. The summed E-state index contributed by atoms with van der Waals surface area (Å²) in [5, 5.41) is 0.814. The molecule has 2 atom stereocenters. The van der Waals surface area contributed by atoms with Crippen molar-refractivity contribution in [1.82, 2.24) is 4.90 Å².